The number of likely N-dealkylation sites (tertiary alicyclic amines) is 1. The van der Waals surface area contributed by atoms with Gasteiger partial charge in [0.05, 0.1) is 0 Å². The first-order valence-electron chi connectivity index (χ1n) is 7.32. The SMILES string of the molecule is CC(C)C(=O)N1CCC(NC(=O)c2cccc(I)c2)CC1. The molecule has 1 aromatic carbocycles. The maximum absolute atomic E-state index is 12.2. The lowest BCUT2D eigenvalue weighted by molar-refractivity contribution is -0.135. The third kappa shape index (κ3) is 4.43. The van der Waals surface area contributed by atoms with Crippen molar-refractivity contribution in [3.05, 3.63) is 33.4 Å². The molecule has 0 unspecified atom stereocenters. The lowest BCUT2D eigenvalue weighted by Crippen LogP contribution is -2.47. The number of hydrogen-bond donors (Lipinski definition) is 1. The van der Waals surface area contributed by atoms with E-state index in [1.807, 2.05) is 43.0 Å². The molecule has 114 valence electrons. The van der Waals surface area contributed by atoms with Crippen LogP contribution in [0.5, 0.6) is 0 Å². The van der Waals surface area contributed by atoms with E-state index >= 15 is 0 Å². The molecular weight excluding hydrogens is 379 g/mol. The smallest absolute Gasteiger partial charge is 0.251 e. The molecule has 0 atom stereocenters. The van der Waals surface area contributed by atoms with Crippen molar-refractivity contribution >= 4 is 34.4 Å². The topological polar surface area (TPSA) is 49.4 Å². The van der Waals surface area contributed by atoms with Gasteiger partial charge in [-0.05, 0) is 53.6 Å². The molecule has 0 spiro atoms. The van der Waals surface area contributed by atoms with E-state index in [-0.39, 0.29) is 23.8 Å². The Kier molecular flexibility index (Phi) is 5.61. The van der Waals surface area contributed by atoms with Gasteiger partial charge in [-0.2, -0.15) is 0 Å². The van der Waals surface area contributed by atoms with Gasteiger partial charge in [0.2, 0.25) is 5.91 Å². The van der Waals surface area contributed by atoms with Gasteiger partial charge in [-0.3, -0.25) is 9.59 Å². The summed E-state index contributed by atoms with van der Waals surface area (Å²) in [6, 6.07) is 7.72. The van der Waals surface area contributed by atoms with Crippen LogP contribution in [-0.2, 0) is 4.79 Å². The molecule has 0 aromatic heterocycles. The summed E-state index contributed by atoms with van der Waals surface area (Å²) in [7, 11) is 0. The number of nitrogens with one attached hydrogen (secondary N) is 1. The number of nitrogens with zero attached hydrogens (tertiary/aromatic N) is 1. The van der Waals surface area contributed by atoms with Crippen molar-refractivity contribution < 1.29 is 9.59 Å². The second-order valence-corrected chi connectivity index (χ2v) is 6.98. The van der Waals surface area contributed by atoms with Crippen molar-refractivity contribution in [1.29, 1.82) is 0 Å². The number of piperidine rings is 1. The predicted octanol–water partition coefficient (Wildman–Crippen LogP) is 2.67. The van der Waals surface area contributed by atoms with Gasteiger partial charge in [0.15, 0.2) is 0 Å². The third-order valence-corrected chi connectivity index (χ3v) is 4.39. The van der Waals surface area contributed by atoms with Gasteiger partial charge in [-0.25, -0.2) is 0 Å². The monoisotopic (exact) mass is 400 g/mol. The van der Waals surface area contributed by atoms with E-state index in [2.05, 4.69) is 27.9 Å². The van der Waals surface area contributed by atoms with Gasteiger partial charge in [0.25, 0.3) is 5.91 Å². The number of rotatable bonds is 3. The van der Waals surface area contributed by atoms with Crippen LogP contribution in [0.15, 0.2) is 24.3 Å². The summed E-state index contributed by atoms with van der Waals surface area (Å²) in [5.41, 5.74) is 0.697. The lowest BCUT2D eigenvalue weighted by atomic mass is 10.0. The van der Waals surface area contributed by atoms with Crippen LogP contribution in [0.3, 0.4) is 0 Å². The highest BCUT2D eigenvalue weighted by Crippen LogP contribution is 2.14. The third-order valence-electron chi connectivity index (χ3n) is 3.72. The molecule has 21 heavy (non-hydrogen) atoms. The van der Waals surface area contributed by atoms with Crippen LogP contribution in [0.4, 0.5) is 0 Å². The molecule has 5 heteroatoms. The minimum absolute atomic E-state index is 0.0258. The fraction of sp³-hybridized carbons (Fsp3) is 0.500. The summed E-state index contributed by atoms with van der Waals surface area (Å²) in [6.45, 7) is 5.31. The average molecular weight is 400 g/mol. The Bertz CT molecular complexity index is 523. The number of amides is 2. The Morgan fingerprint density at radius 1 is 1.29 bits per heavy atom. The molecule has 0 bridgehead atoms. The molecule has 1 heterocycles. The van der Waals surface area contributed by atoms with Crippen LogP contribution < -0.4 is 5.32 Å². The highest BCUT2D eigenvalue weighted by atomic mass is 127. The summed E-state index contributed by atoms with van der Waals surface area (Å²) in [5.74, 6) is 0.224. The maximum Gasteiger partial charge on any atom is 0.251 e. The van der Waals surface area contributed by atoms with Gasteiger partial charge in [0, 0.05) is 34.2 Å². The van der Waals surface area contributed by atoms with Crippen molar-refractivity contribution in [3.63, 3.8) is 0 Å². The molecule has 0 aliphatic carbocycles. The zero-order valence-corrected chi connectivity index (χ0v) is 14.6. The zero-order chi connectivity index (χ0) is 15.4. The molecule has 1 fully saturated rings. The molecule has 1 aliphatic heterocycles. The van der Waals surface area contributed by atoms with Crippen LogP contribution >= 0.6 is 22.6 Å². The van der Waals surface area contributed by atoms with Crippen molar-refractivity contribution in [1.82, 2.24) is 10.2 Å². The Labute approximate surface area is 139 Å². The van der Waals surface area contributed by atoms with E-state index in [0.717, 1.165) is 29.5 Å². The fourth-order valence-corrected chi connectivity index (χ4v) is 3.05. The second-order valence-electron chi connectivity index (χ2n) is 5.74. The second kappa shape index (κ2) is 7.24. The van der Waals surface area contributed by atoms with Gasteiger partial charge in [-0.1, -0.05) is 19.9 Å². The minimum Gasteiger partial charge on any atom is -0.349 e. The first-order valence-corrected chi connectivity index (χ1v) is 8.40. The van der Waals surface area contributed by atoms with Gasteiger partial charge in [-0.15, -0.1) is 0 Å². The van der Waals surface area contributed by atoms with Gasteiger partial charge in [0.1, 0.15) is 0 Å². The molecule has 1 aromatic rings. The number of hydrogen-bond acceptors (Lipinski definition) is 2. The molecule has 0 saturated carbocycles. The Morgan fingerprint density at radius 3 is 2.52 bits per heavy atom. The van der Waals surface area contributed by atoms with Gasteiger partial charge >= 0.3 is 0 Å². The van der Waals surface area contributed by atoms with Crippen LogP contribution in [-0.4, -0.2) is 35.8 Å². The first-order chi connectivity index (χ1) is 9.97. The number of carbonyl (C=O) groups excluding carboxylic acids is 2. The summed E-state index contributed by atoms with van der Waals surface area (Å²) in [6.07, 6.45) is 1.66. The number of halogens is 1. The van der Waals surface area contributed by atoms with E-state index in [9.17, 15) is 9.59 Å². The summed E-state index contributed by atoms with van der Waals surface area (Å²) in [5, 5.41) is 3.07. The number of carbonyl (C=O) groups is 2. The van der Waals surface area contributed by atoms with Crippen molar-refractivity contribution in [2.75, 3.05) is 13.1 Å². The largest absolute Gasteiger partial charge is 0.349 e. The molecule has 4 nitrogen and oxygen atoms in total. The maximum atomic E-state index is 12.2. The summed E-state index contributed by atoms with van der Waals surface area (Å²) in [4.78, 5) is 26.0. The predicted molar refractivity (Wildman–Crippen MR) is 91.1 cm³/mol. The van der Waals surface area contributed by atoms with Crippen molar-refractivity contribution in [2.45, 2.75) is 32.7 Å². The van der Waals surface area contributed by atoms with E-state index in [0.29, 0.717) is 5.56 Å². The zero-order valence-electron chi connectivity index (χ0n) is 12.4. The molecule has 2 rings (SSSR count). The normalized spacial score (nSPS) is 16.1. The van der Waals surface area contributed by atoms with Crippen molar-refractivity contribution in [2.24, 2.45) is 5.92 Å². The Morgan fingerprint density at radius 2 is 1.95 bits per heavy atom. The summed E-state index contributed by atoms with van der Waals surface area (Å²) < 4.78 is 1.05. The van der Waals surface area contributed by atoms with Crippen LogP contribution in [0.2, 0.25) is 0 Å². The standard InChI is InChI=1S/C16H21IN2O2/c1-11(2)16(21)19-8-6-14(7-9-19)18-15(20)12-4-3-5-13(17)10-12/h3-5,10-11,14H,6-9H2,1-2H3,(H,18,20). The van der Waals surface area contributed by atoms with Gasteiger partial charge < -0.3 is 10.2 Å². The molecule has 1 saturated heterocycles. The van der Waals surface area contributed by atoms with Crippen LogP contribution in [0, 0.1) is 9.49 Å². The van der Waals surface area contributed by atoms with Crippen molar-refractivity contribution in [3.8, 4) is 0 Å². The Hall–Kier alpha value is -1.11. The lowest BCUT2D eigenvalue weighted by Gasteiger charge is -2.33. The van der Waals surface area contributed by atoms with E-state index in [1.165, 1.54) is 0 Å². The summed E-state index contributed by atoms with van der Waals surface area (Å²) >= 11 is 2.20. The minimum atomic E-state index is -0.0258. The fourth-order valence-electron chi connectivity index (χ4n) is 2.51. The quantitative estimate of drug-likeness (QED) is 0.794. The molecule has 0 radical (unpaired) electrons. The first kappa shape index (κ1) is 16.3. The highest BCUT2D eigenvalue weighted by Gasteiger charge is 2.25. The van der Waals surface area contributed by atoms with E-state index in [4.69, 9.17) is 0 Å². The molecule has 1 aliphatic rings. The average Bonchev–Trinajstić information content (AvgIpc) is 2.47. The van der Waals surface area contributed by atoms with Crippen LogP contribution in [0.1, 0.15) is 37.0 Å². The molecule has 1 N–H and O–H groups in total. The molecular formula is C16H21IN2O2. The van der Waals surface area contributed by atoms with E-state index < -0.39 is 0 Å². The van der Waals surface area contributed by atoms with E-state index in [1.54, 1.807) is 0 Å². The van der Waals surface area contributed by atoms with Crippen LogP contribution in [0.25, 0.3) is 0 Å². The molecule has 2 amide bonds. The number of benzene rings is 1. The Balaban J connectivity index is 1.86. The highest BCUT2D eigenvalue weighted by molar-refractivity contribution is 14.1.